The van der Waals surface area contributed by atoms with Gasteiger partial charge >= 0.3 is 16.8 Å². The van der Waals surface area contributed by atoms with Crippen LogP contribution in [0.1, 0.15) is 0 Å². The van der Waals surface area contributed by atoms with E-state index < -0.39 is 10.2 Å². The van der Waals surface area contributed by atoms with E-state index in [0.717, 1.165) is 0 Å². The van der Waals surface area contributed by atoms with Crippen LogP contribution in [0.4, 0.5) is 0 Å². The first-order valence-corrected chi connectivity index (χ1v) is 1.10. The number of rotatable bonds is 0. The van der Waals surface area contributed by atoms with Crippen LogP contribution in [0.5, 0.6) is 0 Å². The summed E-state index contributed by atoms with van der Waals surface area (Å²) in [7, 11) is 0. The molecule has 0 aromatic heterocycles. The molecule has 0 aliphatic carbocycles. The van der Waals surface area contributed by atoms with Gasteiger partial charge in [0.05, 0.1) is 10.2 Å². The molecule has 0 bridgehead atoms. The molecular weight excluding hydrogens is 246 g/mol. The van der Waals surface area contributed by atoms with E-state index >= 15 is 0 Å². The fourth-order valence-electron chi connectivity index (χ4n) is 0. The molecular formula is CoCuN2O6. The molecule has 0 unspecified atom stereocenters. The zero-order valence-electron chi connectivity index (χ0n) is 3.98. The number of hydrogen-bond acceptors (Lipinski definition) is 6. The Kier molecular flexibility index (Phi) is 35.9. The summed E-state index contributed by atoms with van der Waals surface area (Å²) in [6.45, 7) is 0. The molecule has 10 heteroatoms. The molecule has 0 heterocycles. The minimum atomic E-state index is -1.75. The van der Waals surface area contributed by atoms with Crippen LogP contribution in [0.25, 0.3) is 0 Å². The van der Waals surface area contributed by atoms with Crippen molar-refractivity contribution < 1.29 is 44.0 Å². The zero-order chi connectivity index (χ0) is 7.15. The van der Waals surface area contributed by atoms with Crippen molar-refractivity contribution in [2.45, 2.75) is 0 Å². The predicted molar refractivity (Wildman–Crippen MR) is 20.7 cm³/mol. The first-order valence-electron chi connectivity index (χ1n) is 1.10. The van der Waals surface area contributed by atoms with Crippen molar-refractivity contribution in [3.63, 3.8) is 0 Å². The topological polar surface area (TPSA) is 132 Å². The second-order valence-electron chi connectivity index (χ2n) is 0.447. The first kappa shape index (κ1) is 22.7. The van der Waals surface area contributed by atoms with Gasteiger partial charge in [-0.2, -0.15) is 0 Å². The standard InChI is InChI=1S/Co.Cu.2NO3/c;;2*2-1(3)4/q+2;;2*-1. The van der Waals surface area contributed by atoms with Gasteiger partial charge in [-0.25, -0.2) is 0 Å². The van der Waals surface area contributed by atoms with Crippen molar-refractivity contribution >= 4 is 0 Å². The fourth-order valence-corrected chi connectivity index (χ4v) is 0. The smallest absolute Gasteiger partial charge is 0.356 e. The molecule has 0 N–H and O–H groups in total. The molecule has 2 radical (unpaired) electrons. The molecule has 0 aromatic rings. The van der Waals surface area contributed by atoms with Crippen LogP contribution in [0, 0.1) is 30.6 Å². The Morgan fingerprint density at radius 2 is 0.800 bits per heavy atom. The Labute approximate surface area is 75.1 Å². The van der Waals surface area contributed by atoms with Crippen LogP contribution in [0.2, 0.25) is 0 Å². The Morgan fingerprint density at radius 1 is 0.800 bits per heavy atom. The molecule has 0 aliphatic heterocycles. The molecule has 0 atom stereocenters. The van der Waals surface area contributed by atoms with Crippen LogP contribution in [0.3, 0.4) is 0 Å². The van der Waals surface area contributed by atoms with Crippen LogP contribution in [-0.2, 0) is 33.8 Å². The van der Waals surface area contributed by atoms with Gasteiger partial charge < -0.3 is 30.6 Å². The van der Waals surface area contributed by atoms with E-state index in [1.807, 2.05) is 0 Å². The van der Waals surface area contributed by atoms with E-state index in [0.29, 0.717) is 0 Å². The number of hydrogen-bond donors (Lipinski definition) is 0. The van der Waals surface area contributed by atoms with Crippen molar-refractivity contribution in [3.05, 3.63) is 30.6 Å². The summed E-state index contributed by atoms with van der Waals surface area (Å²) < 4.78 is 0. The molecule has 0 aromatic carbocycles. The van der Waals surface area contributed by atoms with Gasteiger partial charge in [0.1, 0.15) is 0 Å². The second kappa shape index (κ2) is 15.8. The van der Waals surface area contributed by atoms with Gasteiger partial charge in [-0.3, -0.25) is 0 Å². The molecule has 0 saturated heterocycles. The van der Waals surface area contributed by atoms with Gasteiger partial charge in [0.25, 0.3) is 0 Å². The van der Waals surface area contributed by atoms with Gasteiger partial charge in [-0.15, -0.1) is 0 Å². The Hall–Kier alpha value is -0.574. The van der Waals surface area contributed by atoms with Crippen molar-refractivity contribution in [2.24, 2.45) is 0 Å². The molecule has 0 aliphatic rings. The Bertz CT molecular complexity index is 73.7. The summed E-state index contributed by atoms with van der Waals surface area (Å²) >= 11 is 0. The molecule has 0 amide bonds. The molecule has 0 spiro atoms. The number of nitrogens with zero attached hydrogens (tertiary/aromatic N) is 2. The van der Waals surface area contributed by atoms with E-state index in [9.17, 15) is 0 Å². The van der Waals surface area contributed by atoms with Gasteiger partial charge in [-0.1, -0.05) is 0 Å². The predicted octanol–water partition coefficient (Wildman–Crippen LogP) is -0.483. The molecule has 0 saturated carbocycles. The summed E-state index contributed by atoms with van der Waals surface area (Å²) in [5.41, 5.74) is 0. The van der Waals surface area contributed by atoms with Gasteiger partial charge in [-0.05, 0) is 0 Å². The van der Waals surface area contributed by atoms with Gasteiger partial charge in [0.15, 0.2) is 0 Å². The van der Waals surface area contributed by atoms with Crippen molar-refractivity contribution in [1.82, 2.24) is 0 Å². The zero-order valence-corrected chi connectivity index (χ0v) is 5.96. The Balaban J connectivity index is -0.0000000300. The maximum Gasteiger partial charge on any atom is 2.00 e. The Morgan fingerprint density at radius 3 is 0.800 bits per heavy atom. The average Bonchev–Trinajstić information content (AvgIpc) is 1.25. The summed E-state index contributed by atoms with van der Waals surface area (Å²) in [4.78, 5) is 16.5. The maximum atomic E-state index is 8.25. The average molecular weight is 246 g/mol. The second-order valence-corrected chi connectivity index (χ2v) is 0.447. The van der Waals surface area contributed by atoms with Crippen LogP contribution < -0.4 is 0 Å². The van der Waals surface area contributed by atoms with Crippen LogP contribution >= 0.6 is 0 Å². The van der Waals surface area contributed by atoms with Gasteiger partial charge in [0.2, 0.25) is 0 Å². The molecule has 0 rings (SSSR count). The third-order valence-corrected chi connectivity index (χ3v) is 0. The van der Waals surface area contributed by atoms with E-state index in [1.54, 1.807) is 0 Å². The first-order chi connectivity index (χ1) is 3.46. The quantitative estimate of drug-likeness (QED) is 0.322. The van der Waals surface area contributed by atoms with E-state index in [1.165, 1.54) is 0 Å². The normalized spacial score (nSPS) is 4.80. The van der Waals surface area contributed by atoms with Crippen molar-refractivity contribution in [3.8, 4) is 0 Å². The molecule has 66 valence electrons. The molecule has 8 nitrogen and oxygen atoms in total. The van der Waals surface area contributed by atoms with Crippen molar-refractivity contribution in [2.75, 3.05) is 0 Å². The minimum Gasteiger partial charge on any atom is -0.356 e. The maximum absolute atomic E-state index is 8.25. The molecule has 0 fully saturated rings. The van der Waals surface area contributed by atoms with E-state index in [4.69, 9.17) is 30.6 Å². The van der Waals surface area contributed by atoms with Gasteiger partial charge in [0, 0.05) is 17.1 Å². The summed E-state index contributed by atoms with van der Waals surface area (Å²) in [6, 6.07) is 0. The summed E-state index contributed by atoms with van der Waals surface area (Å²) in [5, 5.41) is 29.5. The summed E-state index contributed by atoms with van der Waals surface area (Å²) in [6.07, 6.45) is 0. The van der Waals surface area contributed by atoms with Crippen LogP contribution in [0.15, 0.2) is 0 Å². The summed E-state index contributed by atoms with van der Waals surface area (Å²) in [5.74, 6) is 0. The monoisotopic (exact) mass is 246 g/mol. The van der Waals surface area contributed by atoms with E-state index in [-0.39, 0.29) is 33.8 Å². The largest absolute Gasteiger partial charge is 2.00 e. The van der Waals surface area contributed by atoms with E-state index in [2.05, 4.69) is 0 Å². The van der Waals surface area contributed by atoms with Crippen LogP contribution in [-0.4, -0.2) is 10.2 Å². The third-order valence-electron chi connectivity index (χ3n) is 0. The third kappa shape index (κ3) is 931. The SMILES string of the molecule is O=[N+]([O-])[O-].O=[N+]([O-])[O-].[Co+2].[Cu]. The molecule has 10 heavy (non-hydrogen) atoms. The fraction of sp³-hybridized carbons (Fsp3) is 0. The minimum absolute atomic E-state index is 0. The van der Waals surface area contributed by atoms with Crippen molar-refractivity contribution in [1.29, 1.82) is 0 Å².